The Balaban J connectivity index is 1.64. The van der Waals surface area contributed by atoms with Crippen LogP contribution in [0.3, 0.4) is 0 Å². The quantitative estimate of drug-likeness (QED) is 0.531. The smallest absolute Gasteiger partial charge is 0.417 e. The summed E-state index contributed by atoms with van der Waals surface area (Å²) in [6.07, 6.45) is -5.65. The van der Waals surface area contributed by atoms with E-state index in [2.05, 4.69) is 10.3 Å². The van der Waals surface area contributed by atoms with Crippen molar-refractivity contribution in [3.8, 4) is 5.75 Å². The molecule has 2 fully saturated rings. The van der Waals surface area contributed by atoms with Gasteiger partial charge in [-0.2, -0.15) is 17.6 Å². The molecule has 2 aliphatic heterocycles. The first kappa shape index (κ1) is 27.2. The minimum atomic E-state index is -4.86. The molecule has 0 saturated carbocycles. The van der Waals surface area contributed by atoms with Gasteiger partial charge in [0.25, 0.3) is 5.91 Å². The Morgan fingerprint density at radius 2 is 1.84 bits per heavy atom. The summed E-state index contributed by atoms with van der Waals surface area (Å²) in [5.41, 5.74) is -2.12. The lowest BCUT2D eigenvalue weighted by Crippen LogP contribution is -2.47. The topological polar surface area (TPSA) is 78.9 Å². The second-order valence-corrected chi connectivity index (χ2v) is 9.72. The van der Waals surface area contributed by atoms with E-state index in [1.54, 1.807) is 19.9 Å². The van der Waals surface area contributed by atoms with E-state index in [1.807, 2.05) is 0 Å². The molecule has 7 nitrogen and oxygen atoms in total. The molecule has 1 amide bonds. The van der Waals surface area contributed by atoms with Gasteiger partial charge in [-0.1, -0.05) is 13.0 Å². The molecule has 0 aliphatic carbocycles. The van der Waals surface area contributed by atoms with Gasteiger partial charge in [0.1, 0.15) is 12.2 Å². The summed E-state index contributed by atoms with van der Waals surface area (Å²) < 4.78 is 92.1. The monoisotopic (exact) mass is 530 g/mol. The number of aromatic nitrogens is 1. The number of hydrogen-bond donors (Lipinski definition) is 1. The maximum atomic E-state index is 14.5. The molecule has 1 aromatic heterocycles. The van der Waals surface area contributed by atoms with Crippen molar-refractivity contribution in [2.24, 2.45) is 5.92 Å². The van der Waals surface area contributed by atoms with Gasteiger partial charge in [0.15, 0.2) is 23.0 Å². The van der Waals surface area contributed by atoms with Gasteiger partial charge in [-0.05, 0) is 39.0 Å². The Morgan fingerprint density at radius 1 is 1.14 bits per heavy atom. The van der Waals surface area contributed by atoms with E-state index in [0.717, 1.165) is 26.2 Å². The summed E-state index contributed by atoms with van der Waals surface area (Å²) in [6, 6.07) is 4.99. The summed E-state index contributed by atoms with van der Waals surface area (Å²) >= 11 is 0. The fraction of sp³-hybridized carbons (Fsp3) is 0.520. The Hall–Kier alpha value is -2.83. The van der Waals surface area contributed by atoms with Gasteiger partial charge in [-0.15, -0.1) is 0 Å². The van der Waals surface area contributed by atoms with E-state index >= 15 is 0 Å². The largest absolute Gasteiger partial charge is 0.493 e. The SMILES string of the molecule is COc1c([C@H]2[C@H](C(=O)Nc3ccc(C4COC(C)(C)O4)nc3)O[C@@](C)(C(F)(F)F)[C@H]2C)ccc(F)c1F. The molecule has 2 saturated heterocycles. The Kier molecular flexibility index (Phi) is 6.97. The second-order valence-electron chi connectivity index (χ2n) is 9.72. The molecular formula is C25H27F5N2O5. The Morgan fingerprint density at radius 3 is 2.38 bits per heavy atom. The van der Waals surface area contributed by atoms with Crippen LogP contribution in [0.2, 0.25) is 0 Å². The van der Waals surface area contributed by atoms with Crippen molar-refractivity contribution in [2.75, 3.05) is 19.0 Å². The van der Waals surface area contributed by atoms with Crippen molar-refractivity contribution in [2.45, 2.75) is 63.4 Å². The molecule has 5 atom stereocenters. The fourth-order valence-corrected chi connectivity index (χ4v) is 4.76. The van der Waals surface area contributed by atoms with Crippen LogP contribution in [0.1, 0.15) is 51.0 Å². The summed E-state index contributed by atoms with van der Waals surface area (Å²) in [5.74, 6) is -7.53. The standard InChI is InChI=1S/C25H27F5N2O5/c1-12-18(14-7-8-15(26)19(27)20(14)34-5)21(37-24(12,4)25(28,29)30)22(33)32-13-6-9-16(31-10-13)17-11-35-23(2,3)36-17/h6-10,12,17-18,21H,11H2,1-5H3,(H,32,33)/t12-,17?,18-,21+,24+/m0/s1. The van der Waals surface area contributed by atoms with E-state index in [-0.39, 0.29) is 17.9 Å². The highest BCUT2D eigenvalue weighted by Crippen LogP contribution is 2.55. The third-order valence-corrected chi connectivity index (χ3v) is 6.96. The van der Waals surface area contributed by atoms with Gasteiger partial charge in [0, 0.05) is 17.4 Å². The van der Waals surface area contributed by atoms with Crippen LogP contribution < -0.4 is 10.1 Å². The highest BCUT2D eigenvalue weighted by molar-refractivity contribution is 5.95. The van der Waals surface area contributed by atoms with E-state index in [0.29, 0.717) is 5.69 Å². The molecule has 2 aliphatic rings. The second kappa shape index (κ2) is 9.48. The van der Waals surface area contributed by atoms with Crippen LogP contribution >= 0.6 is 0 Å². The number of nitrogens with zero attached hydrogens (tertiary/aromatic N) is 1. The zero-order valence-electron chi connectivity index (χ0n) is 20.8. The van der Waals surface area contributed by atoms with E-state index in [9.17, 15) is 26.7 Å². The highest BCUT2D eigenvalue weighted by atomic mass is 19.4. The van der Waals surface area contributed by atoms with Crippen molar-refractivity contribution in [1.29, 1.82) is 0 Å². The van der Waals surface area contributed by atoms with Crippen LogP contribution in [0, 0.1) is 17.6 Å². The number of halogens is 5. The third kappa shape index (κ3) is 4.89. The maximum absolute atomic E-state index is 14.5. The van der Waals surface area contributed by atoms with E-state index < -0.39 is 64.9 Å². The number of pyridine rings is 1. The maximum Gasteiger partial charge on any atom is 0.417 e. The minimum absolute atomic E-state index is 0.114. The number of benzene rings is 1. The molecule has 12 heteroatoms. The lowest BCUT2D eigenvalue weighted by molar-refractivity contribution is -0.272. The van der Waals surface area contributed by atoms with Gasteiger partial charge in [-0.3, -0.25) is 9.78 Å². The average Bonchev–Trinajstić information content (AvgIpc) is 3.33. The van der Waals surface area contributed by atoms with Crippen molar-refractivity contribution in [3.05, 3.63) is 53.4 Å². The molecule has 3 heterocycles. The predicted octanol–water partition coefficient (Wildman–Crippen LogP) is 5.27. The molecule has 0 bridgehead atoms. The fourth-order valence-electron chi connectivity index (χ4n) is 4.76. The lowest BCUT2D eigenvalue weighted by atomic mass is 9.77. The third-order valence-electron chi connectivity index (χ3n) is 6.96. The number of ether oxygens (including phenoxy) is 4. The van der Waals surface area contributed by atoms with E-state index in [1.165, 1.54) is 19.2 Å². The number of nitrogens with one attached hydrogen (secondary N) is 1. The van der Waals surface area contributed by atoms with Gasteiger partial charge in [0.05, 0.1) is 31.3 Å². The van der Waals surface area contributed by atoms with Crippen molar-refractivity contribution < 1.29 is 45.7 Å². The molecule has 0 spiro atoms. The summed E-state index contributed by atoms with van der Waals surface area (Å²) in [5, 5.41) is 2.52. The van der Waals surface area contributed by atoms with Crippen molar-refractivity contribution in [3.63, 3.8) is 0 Å². The number of hydrogen-bond acceptors (Lipinski definition) is 6. The van der Waals surface area contributed by atoms with Crippen LogP contribution in [0.25, 0.3) is 0 Å². The van der Waals surface area contributed by atoms with Crippen LogP contribution in [0.4, 0.5) is 27.6 Å². The predicted molar refractivity (Wildman–Crippen MR) is 121 cm³/mol. The Bertz CT molecular complexity index is 1170. The highest BCUT2D eigenvalue weighted by Gasteiger charge is 2.66. The first-order valence-corrected chi connectivity index (χ1v) is 11.5. The summed E-state index contributed by atoms with van der Waals surface area (Å²) in [7, 11) is 1.06. The average molecular weight is 530 g/mol. The number of amides is 1. The first-order valence-electron chi connectivity index (χ1n) is 11.5. The Labute approximate surface area is 210 Å². The number of alkyl halides is 3. The number of carbonyl (C=O) groups excluding carboxylic acids is 1. The normalized spacial score (nSPS) is 29.4. The van der Waals surface area contributed by atoms with Crippen molar-refractivity contribution >= 4 is 11.6 Å². The van der Waals surface area contributed by atoms with E-state index in [4.69, 9.17) is 18.9 Å². The number of methoxy groups -OCH3 is 1. The molecule has 2 aromatic rings. The number of rotatable bonds is 5. The van der Waals surface area contributed by atoms with Crippen LogP contribution in [-0.4, -0.2) is 48.3 Å². The van der Waals surface area contributed by atoms with Gasteiger partial charge < -0.3 is 24.3 Å². The van der Waals surface area contributed by atoms with Crippen LogP contribution in [0.5, 0.6) is 5.75 Å². The van der Waals surface area contributed by atoms with Crippen molar-refractivity contribution in [1.82, 2.24) is 4.98 Å². The zero-order chi connectivity index (χ0) is 27.3. The molecule has 4 rings (SSSR count). The zero-order valence-corrected chi connectivity index (χ0v) is 20.8. The number of carbonyl (C=O) groups is 1. The molecule has 37 heavy (non-hydrogen) atoms. The molecular weight excluding hydrogens is 503 g/mol. The van der Waals surface area contributed by atoms with Crippen LogP contribution in [-0.2, 0) is 19.0 Å². The number of anilines is 1. The molecule has 0 radical (unpaired) electrons. The molecule has 202 valence electrons. The molecule has 1 unspecified atom stereocenters. The minimum Gasteiger partial charge on any atom is -0.493 e. The summed E-state index contributed by atoms with van der Waals surface area (Å²) in [6.45, 7) is 5.88. The summed E-state index contributed by atoms with van der Waals surface area (Å²) in [4.78, 5) is 17.5. The van der Waals surface area contributed by atoms with Gasteiger partial charge >= 0.3 is 6.18 Å². The van der Waals surface area contributed by atoms with Gasteiger partial charge in [-0.25, -0.2) is 4.39 Å². The molecule has 1 N–H and O–H groups in total. The first-order chi connectivity index (χ1) is 17.2. The molecule has 1 aromatic carbocycles. The van der Waals surface area contributed by atoms with Gasteiger partial charge in [0.2, 0.25) is 5.82 Å². The lowest BCUT2D eigenvalue weighted by Gasteiger charge is -2.32. The van der Waals surface area contributed by atoms with Crippen LogP contribution in [0.15, 0.2) is 30.5 Å².